The van der Waals surface area contributed by atoms with E-state index in [1.54, 1.807) is 18.9 Å². The van der Waals surface area contributed by atoms with Gasteiger partial charge in [0, 0.05) is 40.1 Å². The summed E-state index contributed by atoms with van der Waals surface area (Å²) in [5.74, 6) is 2.28. The van der Waals surface area contributed by atoms with Crippen LogP contribution >= 0.6 is 23.4 Å². The second kappa shape index (κ2) is 8.44. The van der Waals surface area contributed by atoms with Crippen molar-refractivity contribution in [3.8, 4) is 11.5 Å². The van der Waals surface area contributed by atoms with E-state index in [1.807, 2.05) is 56.3 Å². The Labute approximate surface area is 169 Å². The Morgan fingerprint density at radius 2 is 2.04 bits per heavy atom. The summed E-state index contributed by atoms with van der Waals surface area (Å²) in [6, 6.07) is 13.3. The molecule has 3 rings (SSSR count). The second-order valence-electron chi connectivity index (χ2n) is 7.14. The molecule has 1 atom stereocenters. The molecule has 0 fully saturated rings. The summed E-state index contributed by atoms with van der Waals surface area (Å²) in [6.45, 7) is 4.07. The molecule has 1 unspecified atom stereocenters. The summed E-state index contributed by atoms with van der Waals surface area (Å²) in [5.41, 5.74) is 0.642. The standard InChI is InChI=1S/C21H24ClNO3S/c1-21(2)13-18(17-9-6-15(25-3)12-19(17)26-21)23-20(24)10-11-27-16-7-4-14(22)5-8-16/h4-9,12,18H,10-11,13H2,1-3H3,(H,23,24). The molecule has 2 aromatic rings. The number of halogens is 1. The zero-order valence-electron chi connectivity index (χ0n) is 15.8. The molecule has 4 nitrogen and oxygen atoms in total. The summed E-state index contributed by atoms with van der Waals surface area (Å²) in [4.78, 5) is 13.6. The number of nitrogens with one attached hydrogen (secondary N) is 1. The Bertz CT molecular complexity index is 808. The highest BCUT2D eigenvalue weighted by Gasteiger charge is 2.34. The smallest absolute Gasteiger partial charge is 0.221 e. The largest absolute Gasteiger partial charge is 0.497 e. The van der Waals surface area contributed by atoms with Crippen LogP contribution in [0.3, 0.4) is 0 Å². The molecule has 1 heterocycles. The van der Waals surface area contributed by atoms with Gasteiger partial charge in [0.15, 0.2) is 0 Å². The Hall–Kier alpha value is -1.85. The number of carbonyl (C=O) groups is 1. The summed E-state index contributed by atoms with van der Waals surface area (Å²) in [5, 5.41) is 3.89. The second-order valence-corrected chi connectivity index (χ2v) is 8.75. The van der Waals surface area contributed by atoms with Crippen LogP contribution in [0.25, 0.3) is 0 Å². The number of fused-ring (bicyclic) bond motifs is 1. The van der Waals surface area contributed by atoms with E-state index in [4.69, 9.17) is 21.1 Å². The summed E-state index contributed by atoms with van der Waals surface area (Å²) < 4.78 is 11.4. The topological polar surface area (TPSA) is 47.6 Å². The van der Waals surface area contributed by atoms with Gasteiger partial charge in [-0.3, -0.25) is 4.79 Å². The first-order valence-corrected chi connectivity index (χ1v) is 10.3. The molecule has 1 N–H and O–H groups in total. The molecule has 0 saturated carbocycles. The summed E-state index contributed by atoms with van der Waals surface area (Å²) in [6.07, 6.45) is 1.18. The molecule has 1 amide bonds. The van der Waals surface area contributed by atoms with Crippen LogP contribution < -0.4 is 14.8 Å². The lowest BCUT2D eigenvalue weighted by molar-refractivity contribution is -0.121. The van der Waals surface area contributed by atoms with Gasteiger partial charge in [-0.2, -0.15) is 0 Å². The van der Waals surface area contributed by atoms with Gasteiger partial charge in [0.25, 0.3) is 0 Å². The minimum Gasteiger partial charge on any atom is -0.497 e. The van der Waals surface area contributed by atoms with Crippen molar-refractivity contribution in [1.82, 2.24) is 5.32 Å². The van der Waals surface area contributed by atoms with Gasteiger partial charge in [-0.25, -0.2) is 0 Å². The fraction of sp³-hybridized carbons (Fsp3) is 0.381. The van der Waals surface area contributed by atoms with Crippen LogP contribution in [0.1, 0.15) is 38.3 Å². The predicted octanol–water partition coefficient (Wildman–Crippen LogP) is 5.25. The van der Waals surface area contributed by atoms with Crippen molar-refractivity contribution in [3.63, 3.8) is 0 Å². The Morgan fingerprint density at radius 3 is 2.74 bits per heavy atom. The van der Waals surface area contributed by atoms with E-state index in [0.29, 0.717) is 6.42 Å². The number of ether oxygens (including phenoxy) is 2. The fourth-order valence-corrected chi connectivity index (χ4v) is 4.12. The van der Waals surface area contributed by atoms with E-state index in [9.17, 15) is 4.79 Å². The van der Waals surface area contributed by atoms with Crippen LogP contribution in [0.15, 0.2) is 47.4 Å². The van der Waals surface area contributed by atoms with E-state index in [-0.39, 0.29) is 17.6 Å². The van der Waals surface area contributed by atoms with Gasteiger partial charge in [-0.05, 0) is 50.2 Å². The highest BCUT2D eigenvalue weighted by atomic mass is 35.5. The molecule has 0 aromatic heterocycles. The van der Waals surface area contributed by atoms with E-state index in [0.717, 1.165) is 39.2 Å². The number of hydrogen-bond acceptors (Lipinski definition) is 4. The zero-order valence-corrected chi connectivity index (χ0v) is 17.3. The van der Waals surface area contributed by atoms with E-state index >= 15 is 0 Å². The Morgan fingerprint density at radius 1 is 1.30 bits per heavy atom. The first-order chi connectivity index (χ1) is 12.9. The van der Waals surface area contributed by atoms with E-state index in [1.165, 1.54) is 0 Å². The van der Waals surface area contributed by atoms with Gasteiger partial charge < -0.3 is 14.8 Å². The molecule has 1 aliphatic rings. The number of benzene rings is 2. The third-order valence-corrected chi connectivity index (χ3v) is 5.69. The molecule has 1 aliphatic heterocycles. The molecular formula is C21H24ClNO3S. The number of amides is 1. The SMILES string of the molecule is COc1ccc2c(c1)OC(C)(C)CC2NC(=O)CCSc1ccc(Cl)cc1. The first kappa shape index (κ1) is 19.9. The molecule has 27 heavy (non-hydrogen) atoms. The molecular weight excluding hydrogens is 382 g/mol. The van der Waals surface area contributed by atoms with Gasteiger partial charge >= 0.3 is 0 Å². The van der Waals surface area contributed by atoms with Gasteiger partial charge in [0.2, 0.25) is 5.91 Å². The monoisotopic (exact) mass is 405 g/mol. The lowest BCUT2D eigenvalue weighted by atomic mass is 9.89. The lowest BCUT2D eigenvalue weighted by Crippen LogP contribution is -2.41. The Kier molecular flexibility index (Phi) is 6.22. The van der Waals surface area contributed by atoms with Crippen molar-refractivity contribution >= 4 is 29.3 Å². The van der Waals surface area contributed by atoms with Crippen molar-refractivity contribution in [2.24, 2.45) is 0 Å². The molecule has 0 radical (unpaired) electrons. The number of methoxy groups -OCH3 is 1. The van der Waals surface area contributed by atoms with Gasteiger partial charge in [-0.15, -0.1) is 11.8 Å². The maximum atomic E-state index is 12.5. The molecule has 0 saturated heterocycles. The quantitative estimate of drug-likeness (QED) is 0.667. The third-order valence-electron chi connectivity index (χ3n) is 4.42. The Balaban J connectivity index is 1.60. The number of carbonyl (C=O) groups excluding carboxylic acids is 1. The predicted molar refractivity (Wildman–Crippen MR) is 110 cm³/mol. The maximum Gasteiger partial charge on any atom is 0.221 e. The van der Waals surface area contributed by atoms with Crippen molar-refractivity contribution in [2.45, 2.75) is 43.2 Å². The van der Waals surface area contributed by atoms with Crippen LogP contribution in [0.2, 0.25) is 5.02 Å². The van der Waals surface area contributed by atoms with Crippen molar-refractivity contribution < 1.29 is 14.3 Å². The third kappa shape index (κ3) is 5.33. The van der Waals surface area contributed by atoms with Crippen molar-refractivity contribution in [1.29, 1.82) is 0 Å². The van der Waals surface area contributed by atoms with Crippen molar-refractivity contribution in [3.05, 3.63) is 53.1 Å². The van der Waals surface area contributed by atoms with Crippen molar-refractivity contribution in [2.75, 3.05) is 12.9 Å². The zero-order chi connectivity index (χ0) is 19.4. The van der Waals surface area contributed by atoms with Gasteiger partial charge in [-0.1, -0.05) is 11.6 Å². The van der Waals surface area contributed by atoms with E-state index in [2.05, 4.69) is 5.32 Å². The van der Waals surface area contributed by atoms with Gasteiger partial charge in [0.1, 0.15) is 17.1 Å². The minimum absolute atomic E-state index is 0.0425. The molecule has 2 aromatic carbocycles. The number of hydrogen-bond donors (Lipinski definition) is 1. The molecule has 144 valence electrons. The van der Waals surface area contributed by atoms with E-state index < -0.39 is 0 Å². The fourth-order valence-electron chi connectivity index (χ4n) is 3.15. The lowest BCUT2D eigenvalue weighted by Gasteiger charge is -2.38. The molecule has 0 aliphatic carbocycles. The van der Waals surface area contributed by atoms with Crippen LogP contribution in [-0.2, 0) is 4.79 Å². The van der Waals surface area contributed by atoms with Gasteiger partial charge in [0.05, 0.1) is 13.2 Å². The summed E-state index contributed by atoms with van der Waals surface area (Å²) in [7, 11) is 1.63. The first-order valence-electron chi connectivity index (χ1n) is 8.91. The number of thioether (sulfide) groups is 1. The van der Waals surface area contributed by atoms with Crippen LogP contribution in [0.4, 0.5) is 0 Å². The normalized spacial score (nSPS) is 17.6. The highest BCUT2D eigenvalue weighted by Crippen LogP contribution is 2.41. The number of rotatable bonds is 6. The molecule has 6 heteroatoms. The average molecular weight is 406 g/mol. The minimum atomic E-state index is -0.352. The van der Waals surface area contributed by atoms with Crippen LogP contribution in [-0.4, -0.2) is 24.4 Å². The average Bonchev–Trinajstić information content (AvgIpc) is 2.62. The molecule has 0 spiro atoms. The maximum absolute atomic E-state index is 12.5. The van der Waals surface area contributed by atoms with Crippen LogP contribution in [0.5, 0.6) is 11.5 Å². The molecule has 0 bridgehead atoms. The highest BCUT2D eigenvalue weighted by molar-refractivity contribution is 7.99. The van der Waals surface area contributed by atoms with Crippen LogP contribution in [0, 0.1) is 0 Å². The summed E-state index contributed by atoms with van der Waals surface area (Å²) >= 11 is 7.55.